The summed E-state index contributed by atoms with van der Waals surface area (Å²) in [5.74, 6) is 1.59. The molecule has 188 valence electrons. The first-order chi connectivity index (χ1) is 17.2. The smallest absolute Gasteiger partial charge is 0.307 e. The number of nitrogens with one attached hydrogen (secondary N) is 1. The van der Waals surface area contributed by atoms with E-state index in [-0.39, 0.29) is 27.5 Å². The summed E-state index contributed by atoms with van der Waals surface area (Å²) in [5, 5.41) is 24.0. The zero-order valence-electron chi connectivity index (χ0n) is 20.2. The lowest BCUT2D eigenvalue weighted by Crippen LogP contribution is -2.57. The number of hydrogen-bond acceptors (Lipinski definition) is 5. The zero-order valence-corrected chi connectivity index (χ0v) is 20.9. The normalized spacial score (nSPS) is 28.4. The maximum absolute atomic E-state index is 13.3. The Morgan fingerprint density at radius 1 is 1.25 bits per heavy atom. The summed E-state index contributed by atoms with van der Waals surface area (Å²) in [4.78, 5) is 24.1. The first-order valence-corrected chi connectivity index (χ1v) is 12.9. The molecule has 10 heteroatoms. The van der Waals surface area contributed by atoms with Gasteiger partial charge in [-0.1, -0.05) is 23.7 Å². The highest BCUT2D eigenvalue weighted by Crippen LogP contribution is 2.65. The van der Waals surface area contributed by atoms with Crippen molar-refractivity contribution in [3.05, 3.63) is 69.1 Å². The highest BCUT2D eigenvalue weighted by Gasteiger charge is 2.59. The first-order valence-electron chi connectivity index (χ1n) is 12.5. The summed E-state index contributed by atoms with van der Waals surface area (Å²) in [6.45, 7) is 2.55. The van der Waals surface area contributed by atoms with Gasteiger partial charge < -0.3 is 5.32 Å². The maximum Gasteiger partial charge on any atom is 0.307 e. The molecule has 4 saturated carbocycles. The van der Waals surface area contributed by atoms with E-state index in [4.69, 9.17) is 11.6 Å². The van der Waals surface area contributed by atoms with Gasteiger partial charge >= 0.3 is 5.69 Å². The van der Waals surface area contributed by atoms with Crippen molar-refractivity contribution in [1.29, 1.82) is 0 Å². The lowest BCUT2D eigenvalue weighted by atomic mass is 9.46. The number of carbonyl (C=O) groups is 1. The molecule has 2 atom stereocenters. The molecule has 4 aliphatic rings. The standard InChI is InChI=1S/C26H29ClN6O3/c1-17-5-23(30-31(17)14-18-3-2-4-21(27)7-18)29-24(34)12-25-8-19-6-20(9-25)11-26(10-19,16-25)32-15-22(13-28-32)33(35)36/h2-5,7,13,15,19-20H,6,8-12,14,16H2,1H3,(H,29,30,34). The van der Waals surface area contributed by atoms with Crippen molar-refractivity contribution in [2.75, 3.05) is 5.32 Å². The van der Waals surface area contributed by atoms with Gasteiger partial charge in [0, 0.05) is 23.2 Å². The fourth-order valence-corrected chi connectivity index (χ4v) is 7.82. The van der Waals surface area contributed by atoms with Gasteiger partial charge in [-0.2, -0.15) is 10.2 Å². The molecular weight excluding hydrogens is 480 g/mol. The molecule has 0 radical (unpaired) electrons. The van der Waals surface area contributed by atoms with Gasteiger partial charge in [0.25, 0.3) is 0 Å². The molecule has 4 bridgehead atoms. The van der Waals surface area contributed by atoms with Crippen molar-refractivity contribution in [2.45, 2.75) is 64.0 Å². The van der Waals surface area contributed by atoms with Crippen molar-refractivity contribution in [1.82, 2.24) is 19.6 Å². The van der Waals surface area contributed by atoms with E-state index in [1.165, 1.54) is 12.6 Å². The SMILES string of the molecule is Cc1cc(NC(=O)CC23CC4CC(C2)CC(n2cc([N+](=O)[O-])cn2)(C4)C3)nn1Cc1cccc(Cl)c1. The minimum Gasteiger partial charge on any atom is -0.309 e. The van der Waals surface area contributed by atoms with Crippen LogP contribution in [0.4, 0.5) is 11.5 Å². The molecule has 1 N–H and O–H groups in total. The van der Waals surface area contributed by atoms with Gasteiger partial charge in [-0.25, -0.2) is 0 Å². The molecule has 2 unspecified atom stereocenters. The zero-order chi connectivity index (χ0) is 25.1. The molecule has 9 nitrogen and oxygen atoms in total. The van der Waals surface area contributed by atoms with Crippen LogP contribution in [-0.2, 0) is 16.9 Å². The minimum absolute atomic E-state index is 0.0223. The van der Waals surface area contributed by atoms with Crippen LogP contribution in [0.25, 0.3) is 0 Å². The average Bonchev–Trinajstić information content (AvgIpc) is 3.40. The van der Waals surface area contributed by atoms with Gasteiger partial charge in [-0.3, -0.25) is 24.3 Å². The molecule has 36 heavy (non-hydrogen) atoms. The number of rotatable bonds is 7. The summed E-state index contributed by atoms with van der Waals surface area (Å²) in [7, 11) is 0. The second kappa shape index (κ2) is 8.44. The van der Waals surface area contributed by atoms with Crippen molar-refractivity contribution < 1.29 is 9.72 Å². The molecule has 0 spiro atoms. The first kappa shape index (κ1) is 23.2. The van der Waals surface area contributed by atoms with Crippen LogP contribution in [0, 0.1) is 34.3 Å². The predicted molar refractivity (Wildman–Crippen MR) is 135 cm³/mol. The average molecular weight is 509 g/mol. The van der Waals surface area contributed by atoms with Crippen LogP contribution in [0.15, 0.2) is 42.7 Å². The number of amides is 1. The second-order valence-corrected chi connectivity index (χ2v) is 11.7. The minimum atomic E-state index is -0.388. The van der Waals surface area contributed by atoms with Gasteiger partial charge in [0.2, 0.25) is 5.91 Å². The molecule has 1 amide bonds. The van der Waals surface area contributed by atoms with Crippen molar-refractivity contribution in [2.24, 2.45) is 17.3 Å². The molecule has 7 rings (SSSR count). The number of hydrogen-bond donors (Lipinski definition) is 1. The number of nitrogens with zero attached hydrogens (tertiary/aromatic N) is 5. The third-order valence-electron chi connectivity index (χ3n) is 8.42. The van der Waals surface area contributed by atoms with Crippen LogP contribution in [0.3, 0.4) is 0 Å². The number of carbonyl (C=O) groups excluding carboxylic acids is 1. The Hall–Kier alpha value is -3.20. The molecule has 3 aromatic rings. The van der Waals surface area contributed by atoms with E-state index in [1.807, 2.05) is 46.6 Å². The Balaban J connectivity index is 1.17. The predicted octanol–water partition coefficient (Wildman–Crippen LogP) is 5.32. The highest BCUT2D eigenvalue weighted by molar-refractivity contribution is 6.30. The van der Waals surface area contributed by atoms with E-state index in [1.54, 1.807) is 6.20 Å². The van der Waals surface area contributed by atoms with Gasteiger partial charge in [-0.05, 0) is 80.4 Å². The van der Waals surface area contributed by atoms with Crippen LogP contribution in [0.2, 0.25) is 5.02 Å². The molecule has 4 fully saturated rings. The molecule has 0 aliphatic heterocycles. The summed E-state index contributed by atoms with van der Waals surface area (Å²) in [6.07, 6.45) is 9.41. The molecule has 2 heterocycles. The lowest BCUT2D eigenvalue weighted by Gasteiger charge is -2.61. The van der Waals surface area contributed by atoms with Crippen molar-refractivity contribution >= 4 is 29.0 Å². The molecule has 1 aromatic carbocycles. The Bertz CT molecular complexity index is 1330. The number of nitro groups is 1. The second-order valence-electron chi connectivity index (χ2n) is 11.3. The number of anilines is 1. The highest BCUT2D eigenvalue weighted by atomic mass is 35.5. The van der Waals surface area contributed by atoms with E-state index >= 15 is 0 Å². The number of aryl methyl sites for hydroxylation is 1. The van der Waals surface area contributed by atoms with E-state index in [9.17, 15) is 14.9 Å². The molecular formula is C26H29ClN6O3. The summed E-state index contributed by atoms with van der Waals surface area (Å²) in [5.41, 5.74) is 1.70. The largest absolute Gasteiger partial charge is 0.309 e. The number of halogens is 1. The number of benzene rings is 1. The van der Waals surface area contributed by atoms with E-state index in [2.05, 4.69) is 15.5 Å². The Morgan fingerprint density at radius 3 is 2.72 bits per heavy atom. The fraction of sp³-hybridized carbons (Fsp3) is 0.500. The van der Waals surface area contributed by atoms with Crippen LogP contribution >= 0.6 is 11.6 Å². The third-order valence-corrected chi connectivity index (χ3v) is 8.66. The Kier molecular flexibility index (Phi) is 5.44. The summed E-state index contributed by atoms with van der Waals surface area (Å²) < 4.78 is 3.71. The monoisotopic (exact) mass is 508 g/mol. The van der Waals surface area contributed by atoms with Gasteiger partial charge in [0.05, 0.1) is 17.0 Å². The van der Waals surface area contributed by atoms with Crippen LogP contribution in [-0.4, -0.2) is 30.4 Å². The van der Waals surface area contributed by atoms with Crippen molar-refractivity contribution in [3.63, 3.8) is 0 Å². The Morgan fingerprint density at radius 2 is 2.03 bits per heavy atom. The summed E-state index contributed by atoms with van der Waals surface area (Å²) in [6, 6.07) is 9.57. The van der Waals surface area contributed by atoms with Gasteiger partial charge in [0.15, 0.2) is 5.82 Å². The molecule has 4 aliphatic carbocycles. The van der Waals surface area contributed by atoms with Crippen LogP contribution in [0.1, 0.15) is 56.2 Å². The van der Waals surface area contributed by atoms with E-state index in [0.29, 0.717) is 35.6 Å². The molecule has 2 aromatic heterocycles. The van der Waals surface area contributed by atoms with Crippen molar-refractivity contribution in [3.8, 4) is 0 Å². The third kappa shape index (κ3) is 4.19. The summed E-state index contributed by atoms with van der Waals surface area (Å²) >= 11 is 6.11. The lowest BCUT2D eigenvalue weighted by molar-refractivity contribution is -0.385. The maximum atomic E-state index is 13.3. The van der Waals surface area contributed by atoms with E-state index in [0.717, 1.165) is 43.4 Å². The van der Waals surface area contributed by atoms with Gasteiger partial charge in [0.1, 0.15) is 12.4 Å². The van der Waals surface area contributed by atoms with Crippen LogP contribution < -0.4 is 5.32 Å². The van der Waals surface area contributed by atoms with E-state index < -0.39 is 0 Å². The Labute approximate surface area is 214 Å². The topological polar surface area (TPSA) is 108 Å². The fourth-order valence-electron chi connectivity index (χ4n) is 7.61. The molecule has 0 saturated heterocycles. The number of aromatic nitrogens is 4. The van der Waals surface area contributed by atoms with Crippen LogP contribution in [0.5, 0.6) is 0 Å². The van der Waals surface area contributed by atoms with Gasteiger partial charge in [-0.15, -0.1) is 0 Å². The quantitative estimate of drug-likeness (QED) is 0.343.